The Hall–Kier alpha value is -0.750. The number of piperidine rings is 1. The molecule has 0 N–H and O–H groups in total. The highest BCUT2D eigenvalue weighted by Crippen LogP contribution is 2.32. The maximum absolute atomic E-state index is 11.9. The summed E-state index contributed by atoms with van der Waals surface area (Å²) in [6, 6.07) is 0. The van der Waals surface area contributed by atoms with Crippen LogP contribution in [-0.2, 0) is 4.74 Å². The lowest BCUT2D eigenvalue weighted by Crippen LogP contribution is -2.42. The van der Waals surface area contributed by atoms with Crippen molar-refractivity contribution in [2.45, 2.75) is 48.7 Å². The molecule has 1 aromatic heterocycles. The predicted molar refractivity (Wildman–Crippen MR) is 77.6 cm³/mol. The average molecular weight is 299 g/mol. The van der Waals surface area contributed by atoms with E-state index < -0.39 is 5.60 Å². The van der Waals surface area contributed by atoms with E-state index in [4.69, 9.17) is 4.74 Å². The van der Waals surface area contributed by atoms with E-state index in [-0.39, 0.29) is 6.09 Å². The lowest BCUT2D eigenvalue weighted by molar-refractivity contribution is 0.0219. The summed E-state index contributed by atoms with van der Waals surface area (Å²) in [6.07, 6.45) is 3.67. The summed E-state index contributed by atoms with van der Waals surface area (Å²) in [6.45, 7) is 7.24. The molecule has 1 amide bonds. The third-order valence-electron chi connectivity index (χ3n) is 2.75. The molecule has 0 aromatic carbocycles. The smallest absolute Gasteiger partial charge is 0.410 e. The lowest BCUT2D eigenvalue weighted by atomic mass is 10.1. The summed E-state index contributed by atoms with van der Waals surface area (Å²) in [5.74, 6) is 0. The molecule has 0 bridgehead atoms. The zero-order valence-corrected chi connectivity index (χ0v) is 13.1. The van der Waals surface area contributed by atoms with Gasteiger partial charge in [0, 0.05) is 18.3 Å². The number of likely N-dealkylation sites (tertiary alicyclic amines) is 1. The number of thiazole rings is 1. The highest BCUT2D eigenvalue weighted by molar-refractivity contribution is 8.01. The molecule has 1 fully saturated rings. The molecule has 105 valence electrons. The monoisotopic (exact) mass is 299 g/mol. The van der Waals surface area contributed by atoms with E-state index in [9.17, 15) is 4.79 Å². The summed E-state index contributed by atoms with van der Waals surface area (Å²) < 4.78 is 6.59. The number of thioether (sulfide) groups is 1. The molecule has 1 aliphatic rings. The Balaban J connectivity index is 1.77. The van der Waals surface area contributed by atoms with E-state index in [1.54, 1.807) is 16.2 Å². The molecular formula is C13H19N2O2S2. The predicted octanol–water partition coefficient (Wildman–Crippen LogP) is 3.43. The van der Waals surface area contributed by atoms with E-state index in [1.807, 2.05) is 38.7 Å². The van der Waals surface area contributed by atoms with Crippen LogP contribution in [-0.4, -0.2) is 39.9 Å². The van der Waals surface area contributed by atoms with Crippen molar-refractivity contribution in [2.75, 3.05) is 13.1 Å². The van der Waals surface area contributed by atoms with Gasteiger partial charge < -0.3 is 9.64 Å². The Morgan fingerprint density at radius 3 is 2.74 bits per heavy atom. The number of carbonyl (C=O) groups excluding carboxylic acids is 1. The first-order chi connectivity index (χ1) is 8.94. The van der Waals surface area contributed by atoms with Crippen molar-refractivity contribution >= 4 is 29.2 Å². The number of rotatable bonds is 2. The standard InChI is InChI=1S/C13H19N2O2S2/c1-13(2,3)17-12(16)15-6-4-10(5-7-15)19-11-8-14-9-18-11/h8,10H,4-7H2,1-3H3. The fourth-order valence-corrected chi connectivity index (χ4v) is 3.78. The van der Waals surface area contributed by atoms with Crippen molar-refractivity contribution in [3.05, 3.63) is 11.7 Å². The van der Waals surface area contributed by atoms with Crippen LogP contribution in [0.25, 0.3) is 0 Å². The third-order valence-corrected chi connectivity index (χ3v) is 4.93. The van der Waals surface area contributed by atoms with E-state index >= 15 is 0 Å². The van der Waals surface area contributed by atoms with Crippen LogP contribution in [0.3, 0.4) is 0 Å². The first-order valence-corrected chi connectivity index (χ1v) is 8.10. The van der Waals surface area contributed by atoms with Crippen molar-refractivity contribution < 1.29 is 9.53 Å². The molecule has 4 nitrogen and oxygen atoms in total. The Bertz CT molecular complexity index is 407. The second-order valence-electron chi connectivity index (χ2n) is 5.56. The van der Waals surface area contributed by atoms with Crippen molar-refractivity contribution in [3.63, 3.8) is 0 Å². The summed E-state index contributed by atoms with van der Waals surface area (Å²) in [5.41, 5.74) is 2.44. The summed E-state index contributed by atoms with van der Waals surface area (Å²) in [5, 5.41) is 0.563. The van der Waals surface area contributed by atoms with Crippen LogP contribution in [0, 0.1) is 5.51 Å². The maximum atomic E-state index is 11.9. The molecule has 0 atom stereocenters. The molecule has 0 unspecified atom stereocenters. The Labute approximate surface area is 122 Å². The molecule has 2 heterocycles. The molecule has 19 heavy (non-hydrogen) atoms. The maximum Gasteiger partial charge on any atom is 0.410 e. The van der Waals surface area contributed by atoms with Gasteiger partial charge in [-0.2, -0.15) is 0 Å². The summed E-state index contributed by atoms with van der Waals surface area (Å²) >= 11 is 3.40. The van der Waals surface area contributed by atoms with Crippen molar-refractivity contribution in [3.8, 4) is 0 Å². The Morgan fingerprint density at radius 2 is 2.21 bits per heavy atom. The van der Waals surface area contributed by atoms with E-state index in [2.05, 4.69) is 10.5 Å². The van der Waals surface area contributed by atoms with Gasteiger partial charge in [-0.25, -0.2) is 9.78 Å². The highest BCUT2D eigenvalue weighted by Gasteiger charge is 2.27. The number of ether oxygens (including phenoxy) is 1. The molecule has 0 saturated carbocycles. The van der Waals surface area contributed by atoms with Crippen LogP contribution in [0.15, 0.2) is 10.4 Å². The molecule has 1 aliphatic heterocycles. The largest absolute Gasteiger partial charge is 0.444 e. The molecule has 0 spiro atoms. The fourth-order valence-electron chi connectivity index (χ4n) is 1.88. The molecule has 6 heteroatoms. The van der Waals surface area contributed by atoms with Gasteiger partial charge in [-0.1, -0.05) is 0 Å². The molecular weight excluding hydrogens is 280 g/mol. The Morgan fingerprint density at radius 1 is 1.53 bits per heavy atom. The molecule has 1 aromatic rings. The van der Waals surface area contributed by atoms with Gasteiger partial charge in [-0.15, -0.1) is 23.1 Å². The highest BCUT2D eigenvalue weighted by atomic mass is 32.2. The molecule has 2 rings (SSSR count). The zero-order chi connectivity index (χ0) is 13.9. The number of amides is 1. The average Bonchev–Trinajstić information content (AvgIpc) is 2.80. The second-order valence-corrected chi connectivity index (χ2v) is 7.98. The van der Waals surface area contributed by atoms with Crippen molar-refractivity contribution in [1.29, 1.82) is 0 Å². The Kier molecular flexibility index (Phi) is 4.73. The summed E-state index contributed by atoms with van der Waals surface area (Å²) in [4.78, 5) is 17.7. The minimum absolute atomic E-state index is 0.193. The number of aromatic nitrogens is 1. The normalized spacial score (nSPS) is 17.5. The van der Waals surface area contributed by atoms with Gasteiger partial charge in [-0.3, -0.25) is 0 Å². The van der Waals surface area contributed by atoms with Gasteiger partial charge in [0.1, 0.15) is 5.60 Å². The van der Waals surface area contributed by atoms with Crippen LogP contribution >= 0.6 is 23.1 Å². The second kappa shape index (κ2) is 6.13. The van der Waals surface area contributed by atoms with Gasteiger partial charge in [-0.05, 0) is 33.6 Å². The van der Waals surface area contributed by atoms with Gasteiger partial charge in [0.15, 0.2) is 5.51 Å². The van der Waals surface area contributed by atoms with Crippen LogP contribution in [0.2, 0.25) is 0 Å². The lowest BCUT2D eigenvalue weighted by Gasteiger charge is -2.33. The van der Waals surface area contributed by atoms with Crippen LogP contribution < -0.4 is 0 Å². The molecule has 1 radical (unpaired) electrons. The van der Waals surface area contributed by atoms with Crippen LogP contribution in [0.4, 0.5) is 4.79 Å². The topological polar surface area (TPSA) is 42.4 Å². The van der Waals surface area contributed by atoms with E-state index in [0.29, 0.717) is 5.25 Å². The van der Waals surface area contributed by atoms with E-state index in [1.165, 1.54) is 4.21 Å². The molecule has 0 aliphatic carbocycles. The van der Waals surface area contributed by atoms with Gasteiger partial charge in [0.25, 0.3) is 0 Å². The zero-order valence-electron chi connectivity index (χ0n) is 11.5. The first-order valence-electron chi connectivity index (χ1n) is 6.40. The summed E-state index contributed by atoms with van der Waals surface area (Å²) in [7, 11) is 0. The van der Waals surface area contributed by atoms with Gasteiger partial charge in [0.2, 0.25) is 0 Å². The van der Waals surface area contributed by atoms with Crippen LogP contribution in [0.1, 0.15) is 33.6 Å². The number of carbonyl (C=O) groups is 1. The van der Waals surface area contributed by atoms with Crippen molar-refractivity contribution in [2.24, 2.45) is 0 Å². The van der Waals surface area contributed by atoms with E-state index in [0.717, 1.165) is 25.9 Å². The first kappa shape index (κ1) is 14.7. The SMILES string of the molecule is CC(C)(C)OC(=O)N1CCC(Sc2cn[c]s2)CC1. The van der Waals surface area contributed by atoms with Crippen LogP contribution in [0.5, 0.6) is 0 Å². The number of nitrogens with zero attached hydrogens (tertiary/aromatic N) is 2. The minimum Gasteiger partial charge on any atom is -0.444 e. The van der Waals surface area contributed by atoms with Gasteiger partial charge in [0.05, 0.1) is 10.4 Å². The van der Waals surface area contributed by atoms with Crippen molar-refractivity contribution in [1.82, 2.24) is 9.88 Å². The third kappa shape index (κ3) is 4.69. The molecule has 1 saturated heterocycles. The van der Waals surface area contributed by atoms with Gasteiger partial charge >= 0.3 is 6.09 Å². The fraction of sp³-hybridized carbons (Fsp3) is 0.692. The number of hydrogen-bond donors (Lipinski definition) is 0. The number of hydrogen-bond acceptors (Lipinski definition) is 5. The minimum atomic E-state index is -0.416. The quantitative estimate of drug-likeness (QED) is 0.839.